The summed E-state index contributed by atoms with van der Waals surface area (Å²) in [6.45, 7) is 4.73. The van der Waals surface area contributed by atoms with Crippen molar-refractivity contribution in [2.45, 2.75) is 19.1 Å². The van der Waals surface area contributed by atoms with Crippen molar-refractivity contribution in [3.05, 3.63) is 23.8 Å². The Morgan fingerprint density at radius 2 is 2.30 bits per heavy atom. The van der Waals surface area contributed by atoms with Gasteiger partial charge in [0, 0.05) is 24.7 Å². The monoisotopic (exact) mass is 281 g/mol. The molecule has 1 aromatic rings. The van der Waals surface area contributed by atoms with Crippen LogP contribution in [0.25, 0.3) is 0 Å². The summed E-state index contributed by atoms with van der Waals surface area (Å²) in [6.07, 6.45) is -0.521. The fraction of sp³-hybridized carbons (Fsp3) is 0.600. The maximum atomic E-state index is 9.79. The van der Waals surface area contributed by atoms with Crippen molar-refractivity contribution in [1.29, 1.82) is 0 Å². The average molecular weight is 281 g/mol. The number of aliphatic hydroxyl groups excluding tert-OH is 1. The summed E-state index contributed by atoms with van der Waals surface area (Å²) in [5.41, 5.74) is 0.759. The highest BCUT2D eigenvalue weighted by Gasteiger charge is 2.19. The van der Waals surface area contributed by atoms with Crippen LogP contribution >= 0.6 is 0 Å². The number of ether oxygens (including phenoxy) is 3. The summed E-state index contributed by atoms with van der Waals surface area (Å²) in [5, 5.41) is 9.79. The van der Waals surface area contributed by atoms with Gasteiger partial charge >= 0.3 is 0 Å². The molecule has 112 valence electrons. The second kappa shape index (κ2) is 6.92. The third-order valence-electron chi connectivity index (χ3n) is 3.44. The normalized spacial score (nSPS) is 21.5. The average Bonchev–Trinajstić information content (AvgIpc) is 2.44. The first kappa shape index (κ1) is 15.1. The van der Waals surface area contributed by atoms with Gasteiger partial charge in [0.15, 0.2) is 0 Å². The lowest BCUT2D eigenvalue weighted by atomic mass is 10.1. The summed E-state index contributed by atoms with van der Waals surface area (Å²) < 4.78 is 16.7. The van der Waals surface area contributed by atoms with E-state index in [-0.39, 0.29) is 6.10 Å². The van der Waals surface area contributed by atoms with Crippen LogP contribution in [0.5, 0.6) is 11.5 Å². The molecule has 1 saturated heterocycles. The molecule has 0 aromatic heterocycles. The van der Waals surface area contributed by atoms with E-state index in [0.29, 0.717) is 18.1 Å². The van der Waals surface area contributed by atoms with Gasteiger partial charge in [-0.05, 0) is 26.1 Å². The van der Waals surface area contributed by atoms with Crippen LogP contribution in [0.1, 0.15) is 18.6 Å². The van der Waals surface area contributed by atoms with Crippen LogP contribution < -0.4 is 9.47 Å². The van der Waals surface area contributed by atoms with Gasteiger partial charge in [0.1, 0.15) is 24.2 Å². The lowest BCUT2D eigenvalue weighted by Gasteiger charge is -2.30. The number of rotatable bonds is 5. The Morgan fingerprint density at radius 1 is 1.50 bits per heavy atom. The van der Waals surface area contributed by atoms with E-state index >= 15 is 0 Å². The van der Waals surface area contributed by atoms with E-state index in [0.717, 1.165) is 25.3 Å². The number of benzene rings is 1. The van der Waals surface area contributed by atoms with Crippen molar-refractivity contribution in [1.82, 2.24) is 4.90 Å². The Labute approximate surface area is 120 Å². The Morgan fingerprint density at radius 3 is 2.95 bits per heavy atom. The zero-order valence-electron chi connectivity index (χ0n) is 12.3. The van der Waals surface area contributed by atoms with Crippen LogP contribution in [0.15, 0.2) is 18.2 Å². The molecule has 0 bridgehead atoms. The number of aliphatic hydroxyl groups is 1. The number of morpholine rings is 1. The molecule has 0 saturated carbocycles. The van der Waals surface area contributed by atoms with E-state index < -0.39 is 6.10 Å². The molecule has 1 aliphatic rings. The highest BCUT2D eigenvalue weighted by atomic mass is 16.5. The van der Waals surface area contributed by atoms with Crippen LogP contribution in [0, 0.1) is 0 Å². The largest absolute Gasteiger partial charge is 0.497 e. The van der Waals surface area contributed by atoms with E-state index in [1.165, 1.54) is 0 Å². The SMILES string of the molecule is COc1ccc(C(C)O)c(OCC2CN(C)CCO2)c1. The number of nitrogens with zero attached hydrogens (tertiary/aromatic N) is 1. The molecule has 1 aromatic carbocycles. The van der Waals surface area contributed by atoms with Gasteiger partial charge in [-0.1, -0.05) is 0 Å². The maximum absolute atomic E-state index is 9.79. The van der Waals surface area contributed by atoms with Gasteiger partial charge in [-0.15, -0.1) is 0 Å². The van der Waals surface area contributed by atoms with E-state index in [4.69, 9.17) is 14.2 Å². The topological polar surface area (TPSA) is 51.2 Å². The van der Waals surface area contributed by atoms with E-state index in [1.807, 2.05) is 12.1 Å². The first-order valence-electron chi connectivity index (χ1n) is 6.89. The zero-order chi connectivity index (χ0) is 14.5. The molecule has 1 heterocycles. The van der Waals surface area contributed by atoms with Crippen LogP contribution in [0.2, 0.25) is 0 Å². The smallest absolute Gasteiger partial charge is 0.128 e. The summed E-state index contributed by atoms with van der Waals surface area (Å²) in [4.78, 5) is 2.22. The Balaban J connectivity index is 2.03. The fourth-order valence-electron chi connectivity index (χ4n) is 2.26. The van der Waals surface area contributed by atoms with Crippen molar-refractivity contribution >= 4 is 0 Å². The molecule has 2 atom stereocenters. The Hall–Kier alpha value is -1.30. The number of methoxy groups -OCH3 is 1. The number of likely N-dealkylation sites (N-methyl/N-ethyl adjacent to an activating group) is 1. The quantitative estimate of drug-likeness (QED) is 0.885. The predicted molar refractivity (Wildman–Crippen MR) is 76.4 cm³/mol. The molecule has 0 radical (unpaired) electrons. The van der Waals surface area contributed by atoms with Crippen molar-refractivity contribution in [3.8, 4) is 11.5 Å². The number of hydrogen-bond acceptors (Lipinski definition) is 5. The van der Waals surface area contributed by atoms with E-state index in [1.54, 1.807) is 20.1 Å². The van der Waals surface area contributed by atoms with Crippen molar-refractivity contribution < 1.29 is 19.3 Å². The molecule has 2 unspecified atom stereocenters. The molecule has 2 rings (SSSR count). The summed E-state index contributed by atoms with van der Waals surface area (Å²) in [7, 11) is 3.68. The van der Waals surface area contributed by atoms with Gasteiger partial charge in [0.25, 0.3) is 0 Å². The Kier molecular flexibility index (Phi) is 5.23. The lowest BCUT2D eigenvalue weighted by molar-refractivity contribution is -0.0407. The van der Waals surface area contributed by atoms with Gasteiger partial charge in [-0.3, -0.25) is 0 Å². The third kappa shape index (κ3) is 3.85. The fourth-order valence-corrected chi connectivity index (χ4v) is 2.26. The van der Waals surface area contributed by atoms with Crippen molar-refractivity contribution in [2.24, 2.45) is 0 Å². The zero-order valence-corrected chi connectivity index (χ0v) is 12.3. The van der Waals surface area contributed by atoms with E-state index in [9.17, 15) is 5.11 Å². The third-order valence-corrected chi connectivity index (χ3v) is 3.44. The minimum absolute atomic E-state index is 0.0572. The molecule has 5 nitrogen and oxygen atoms in total. The van der Waals surface area contributed by atoms with Gasteiger partial charge in [-0.2, -0.15) is 0 Å². The van der Waals surface area contributed by atoms with Crippen LogP contribution in [0.4, 0.5) is 0 Å². The minimum atomic E-state index is -0.578. The molecule has 1 N–H and O–H groups in total. The molecule has 0 amide bonds. The highest BCUT2D eigenvalue weighted by Crippen LogP contribution is 2.29. The second-order valence-electron chi connectivity index (χ2n) is 5.15. The van der Waals surface area contributed by atoms with Gasteiger partial charge < -0.3 is 24.2 Å². The van der Waals surface area contributed by atoms with Gasteiger partial charge in [0.2, 0.25) is 0 Å². The van der Waals surface area contributed by atoms with Crippen LogP contribution in [0.3, 0.4) is 0 Å². The minimum Gasteiger partial charge on any atom is -0.497 e. The van der Waals surface area contributed by atoms with Crippen molar-refractivity contribution in [3.63, 3.8) is 0 Å². The first-order chi connectivity index (χ1) is 9.60. The van der Waals surface area contributed by atoms with Gasteiger partial charge in [-0.25, -0.2) is 0 Å². The molecule has 20 heavy (non-hydrogen) atoms. The van der Waals surface area contributed by atoms with Gasteiger partial charge in [0.05, 0.1) is 19.8 Å². The van der Waals surface area contributed by atoms with E-state index in [2.05, 4.69) is 11.9 Å². The maximum Gasteiger partial charge on any atom is 0.128 e. The van der Waals surface area contributed by atoms with Crippen LogP contribution in [-0.4, -0.2) is 56.6 Å². The van der Waals surface area contributed by atoms with Crippen molar-refractivity contribution in [2.75, 3.05) is 40.5 Å². The molecule has 1 aliphatic heterocycles. The Bertz CT molecular complexity index is 436. The predicted octanol–water partition coefficient (Wildman–Crippen LogP) is 1.46. The molecule has 0 spiro atoms. The molecule has 1 fully saturated rings. The summed E-state index contributed by atoms with van der Waals surface area (Å²) >= 11 is 0. The second-order valence-corrected chi connectivity index (χ2v) is 5.15. The summed E-state index contributed by atoms with van der Waals surface area (Å²) in [5.74, 6) is 1.36. The van der Waals surface area contributed by atoms with Crippen LogP contribution in [-0.2, 0) is 4.74 Å². The molecular weight excluding hydrogens is 258 g/mol. The molecular formula is C15H23NO4. The molecule has 0 aliphatic carbocycles. The highest BCUT2D eigenvalue weighted by molar-refractivity contribution is 5.41. The summed E-state index contributed by atoms with van der Waals surface area (Å²) in [6, 6.07) is 5.45. The number of hydrogen-bond donors (Lipinski definition) is 1. The first-order valence-corrected chi connectivity index (χ1v) is 6.89. The lowest BCUT2D eigenvalue weighted by Crippen LogP contribution is -2.42. The molecule has 5 heteroatoms. The standard InChI is InChI=1S/C15H23NO4/c1-11(17)14-5-4-12(18-3)8-15(14)20-10-13-9-16(2)6-7-19-13/h4-5,8,11,13,17H,6-7,9-10H2,1-3H3.